The van der Waals surface area contributed by atoms with Crippen molar-refractivity contribution < 1.29 is 61.3 Å². The van der Waals surface area contributed by atoms with Gasteiger partial charge in [-0.05, 0) is 6.92 Å². The van der Waals surface area contributed by atoms with E-state index in [-0.39, 0.29) is 0 Å². The smallest absolute Gasteiger partial charge is 0.418 e. The normalized spacial score (nSPS) is 12.8. The average Bonchev–Trinajstić information content (AvgIpc) is 1.66. The maximum absolute atomic E-state index is 10.6. The Balaban J connectivity index is -0.0000000793. The fraction of sp³-hybridized carbons (Fsp3) is 1.00. The Kier molecular flexibility index (Phi) is 15.6. The van der Waals surface area contributed by atoms with E-state index in [9.17, 15) is 56.2 Å². The van der Waals surface area contributed by atoms with Crippen molar-refractivity contribution >= 4 is 21.8 Å². The summed E-state index contributed by atoms with van der Waals surface area (Å²) >= 11 is 0. The molecule has 0 spiro atoms. The zero-order valence-corrected chi connectivity index (χ0v) is 8.67. The van der Waals surface area contributed by atoms with Crippen LogP contribution in [0, 0.1) is 0 Å². The van der Waals surface area contributed by atoms with Crippen molar-refractivity contribution in [3.8, 4) is 0 Å². The van der Waals surface area contributed by atoms with Crippen molar-refractivity contribution in [1.82, 2.24) is 0 Å². The topological polar surface area (TPSA) is 20.2 Å². The first-order valence-corrected chi connectivity index (χ1v) is 3.67. The van der Waals surface area contributed by atoms with Crippen LogP contribution in [0.3, 0.4) is 0 Å². The van der Waals surface area contributed by atoms with E-state index in [1.165, 1.54) is 0 Å². The Morgan fingerprint density at radius 3 is 0.579 bits per heavy atom. The van der Waals surface area contributed by atoms with Gasteiger partial charge in [-0.15, -0.1) is 0 Å². The van der Waals surface area contributed by atoms with Gasteiger partial charge in [0.25, 0.3) is 0 Å². The van der Waals surface area contributed by atoms with E-state index in [1.54, 1.807) is 0 Å². The fourth-order valence-electron chi connectivity index (χ4n) is 0. The molecule has 1 unspecified atom stereocenters. The summed E-state index contributed by atoms with van der Waals surface area (Å²) in [4.78, 5) is 0. The Morgan fingerprint density at radius 2 is 0.579 bits per heavy atom. The quantitative estimate of drug-likeness (QED) is 0.523. The second-order valence-electron chi connectivity index (χ2n) is 2.06. The van der Waals surface area contributed by atoms with Crippen LogP contribution in [0.4, 0.5) is 56.2 Å². The second kappa shape index (κ2) is 11.1. The second-order valence-corrected chi connectivity index (χ2v) is 2.06. The van der Waals surface area contributed by atoms with E-state index in [0.717, 1.165) is 6.92 Å². The van der Waals surface area contributed by atoms with Crippen LogP contribution >= 0.6 is 0 Å². The highest BCUT2D eigenvalue weighted by Gasteiger charge is 2.21. The van der Waals surface area contributed by atoms with Crippen LogP contribution in [0.1, 0.15) is 6.92 Å². The van der Waals surface area contributed by atoms with Crippen LogP contribution in [-0.4, -0.2) is 33.2 Å². The largest absolute Gasteiger partial charge is 0.673 e. The molecule has 0 aromatic heterocycles. The molecule has 0 bridgehead atoms. The molecular weight excluding hydrogens is 319 g/mol. The SMILES string of the molecule is CC(O)F.F[B-](F)(F)F.F[B-](F)(F)F.F[B-](F)(F)F. The van der Waals surface area contributed by atoms with Gasteiger partial charge in [-0.1, -0.05) is 0 Å². The summed E-state index contributed by atoms with van der Waals surface area (Å²) in [5.74, 6) is 0. The van der Waals surface area contributed by atoms with E-state index < -0.39 is 28.1 Å². The van der Waals surface area contributed by atoms with Crippen molar-refractivity contribution in [2.24, 2.45) is 0 Å². The zero-order chi connectivity index (χ0) is 17.1. The summed E-state index contributed by atoms with van der Waals surface area (Å²) in [5.41, 5.74) is 0. The van der Waals surface area contributed by atoms with Gasteiger partial charge in [0.15, 0.2) is 6.36 Å². The molecule has 0 aromatic rings. The fourth-order valence-corrected chi connectivity index (χ4v) is 0. The standard InChI is InChI=1S/C2H5FO.3BF4/c1-2(3)4;3*2-1(3,4)5/h2,4H,1H3;;;/q;3*-1. The Bertz CT molecular complexity index is 131. The molecule has 1 nitrogen and oxygen atoms in total. The lowest BCUT2D eigenvalue weighted by molar-refractivity contribution is 0.0607. The van der Waals surface area contributed by atoms with Crippen molar-refractivity contribution in [2.45, 2.75) is 13.3 Å². The minimum Gasteiger partial charge on any atom is -0.418 e. The van der Waals surface area contributed by atoms with Crippen molar-refractivity contribution in [2.75, 3.05) is 0 Å². The van der Waals surface area contributed by atoms with E-state index in [0.29, 0.717) is 0 Å². The van der Waals surface area contributed by atoms with E-state index in [2.05, 4.69) is 0 Å². The van der Waals surface area contributed by atoms with Crippen LogP contribution in [0.5, 0.6) is 0 Å². The molecule has 0 saturated heterocycles. The first-order valence-electron chi connectivity index (χ1n) is 3.67. The third-order valence-corrected chi connectivity index (χ3v) is 0. The number of hydrogen-bond acceptors (Lipinski definition) is 1. The average molecular weight is 324 g/mol. The number of aliphatic hydroxyl groups excluding tert-OH is 1. The van der Waals surface area contributed by atoms with Gasteiger partial charge in [0.1, 0.15) is 0 Å². The summed E-state index contributed by atoms with van der Waals surface area (Å²) in [5, 5.41) is 7.39. The molecule has 0 saturated carbocycles. The molecule has 0 aliphatic carbocycles. The van der Waals surface area contributed by atoms with Gasteiger partial charge >= 0.3 is 21.8 Å². The lowest BCUT2D eigenvalue weighted by atomic mass is 10.3. The molecule has 0 heterocycles. The minimum atomic E-state index is -6.00. The highest BCUT2D eigenvalue weighted by Crippen LogP contribution is 2.07. The van der Waals surface area contributed by atoms with Gasteiger partial charge in [-0.3, -0.25) is 0 Å². The van der Waals surface area contributed by atoms with Gasteiger partial charge < -0.3 is 56.9 Å². The van der Waals surface area contributed by atoms with Crippen molar-refractivity contribution in [1.29, 1.82) is 0 Å². The molecule has 0 aromatic carbocycles. The van der Waals surface area contributed by atoms with E-state index in [4.69, 9.17) is 5.11 Å². The predicted octanol–water partition coefficient (Wildman–Crippen LogP) is 4.19. The molecule has 0 fully saturated rings. The summed E-state index contributed by atoms with van der Waals surface area (Å²) in [7, 11) is -18.0. The number of aliphatic hydroxyl groups is 1. The predicted molar refractivity (Wildman–Crippen MR) is 43.3 cm³/mol. The lowest BCUT2D eigenvalue weighted by Gasteiger charge is -1.94. The first-order chi connectivity index (χ1) is 7.73. The molecule has 0 aliphatic rings. The first kappa shape index (κ1) is 26.7. The maximum atomic E-state index is 10.6. The molecule has 0 radical (unpaired) electrons. The van der Waals surface area contributed by atoms with Crippen molar-refractivity contribution in [3.05, 3.63) is 0 Å². The van der Waals surface area contributed by atoms with Gasteiger partial charge in [0.05, 0.1) is 0 Å². The Morgan fingerprint density at radius 1 is 0.579 bits per heavy atom. The number of rotatable bonds is 0. The molecule has 1 N–H and O–H groups in total. The van der Waals surface area contributed by atoms with Gasteiger partial charge in [0.2, 0.25) is 0 Å². The Labute approximate surface area is 97.6 Å². The summed E-state index contributed by atoms with van der Waals surface area (Å²) < 4.78 is 128. The molecule has 19 heavy (non-hydrogen) atoms. The van der Waals surface area contributed by atoms with Crippen LogP contribution in [0.2, 0.25) is 0 Å². The molecule has 0 aliphatic heterocycles. The van der Waals surface area contributed by atoms with E-state index >= 15 is 0 Å². The number of hydrogen-bond donors (Lipinski definition) is 1. The highest BCUT2D eigenvalue weighted by molar-refractivity contribution is 6.50. The summed E-state index contributed by atoms with van der Waals surface area (Å²) in [6, 6.07) is 0. The minimum absolute atomic E-state index is 1.06. The van der Waals surface area contributed by atoms with Crippen LogP contribution < -0.4 is 0 Å². The monoisotopic (exact) mass is 325 g/mol. The van der Waals surface area contributed by atoms with Crippen LogP contribution in [0.25, 0.3) is 0 Å². The molecular formula is C2H5B3F13O-3. The molecule has 122 valence electrons. The molecule has 0 amide bonds. The van der Waals surface area contributed by atoms with Gasteiger partial charge in [-0.2, -0.15) is 0 Å². The molecule has 0 rings (SSSR count). The van der Waals surface area contributed by atoms with Crippen LogP contribution in [0.15, 0.2) is 0 Å². The molecule has 17 heteroatoms. The highest BCUT2D eigenvalue weighted by atomic mass is 19.5. The van der Waals surface area contributed by atoms with Crippen LogP contribution in [-0.2, 0) is 0 Å². The maximum Gasteiger partial charge on any atom is 0.673 e. The zero-order valence-electron chi connectivity index (χ0n) is 8.67. The van der Waals surface area contributed by atoms with E-state index in [1.807, 2.05) is 0 Å². The summed E-state index contributed by atoms with van der Waals surface area (Å²) in [6.45, 7) is 1.06. The van der Waals surface area contributed by atoms with Gasteiger partial charge in [-0.25, -0.2) is 4.39 Å². The number of halogens is 13. The summed E-state index contributed by atoms with van der Waals surface area (Å²) in [6.07, 6.45) is -1.67. The lowest BCUT2D eigenvalue weighted by Crippen LogP contribution is -2.02. The third-order valence-electron chi connectivity index (χ3n) is 0. The Hall–Kier alpha value is -0.755. The van der Waals surface area contributed by atoms with Gasteiger partial charge in [0, 0.05) is 0 Å². The van der Waals surface area contributed by atoms with Crippen molar-refractivity contribution in [3.63, 3.8) is 0 Å². The molecule has 1 atom stereocenters. The third kappa shape index (κ3) is 7030. The number of alkyl halides is 1.